The summed E-state index contributed by atoms with van der Waals surface area (Å²) in [7, 11) is 2.27. The highest BCUT2D eigenvalue weighted by atomic mass is 16.1. The van der Waals surface area contributed by atoms with Crippen LogP contribution < -0.4 is 10.6 Å². The zero-order chi connectivity index (χ0) is 13.9. The molecule has 3 aliphatic rings. The molecule has 3 aliphatic heterocycles. The van der Waals surface area contributed by atoms with E-state index in [1.54, 1.807) is 0 Å². The second-order valence-electron chi connectivity index (χ2n) is 7.04. The Kier molecular flexibility index (Phi) is 4.61. The summed E-state index contributed by atoms with van der Waals surface area (Å²) in [5.74, 6) is 0.895. The highest BCUT2D eigenvalue weighted by Gasteiger charge is 2.36. The summed E-state index contributed by atoms with van der Waals surface area (Å²) in [6.45, 7) is 2.16. The standard InChI is InChI=1S/C16H29N3O/c1-19-14-3-2-4-15(19)11-13(10-14)18-16(20)9-12-5-7-17-8-6-12/h12-15,17H,2-11H2,1H3,(H,18,20). The molecule has 2 bridgehead atoms. The molecular weight excluding hydrogens is 250 g/mol. The van der Waals surface area contributed by atoms with Gasteiger partial charge in [0.2, 0.25) is 5.91 Å². The molecule has 3 saturated heterocycles. The number of hydrogen-bond donors (Lipinski definition) is 2. The molecule has 2 unspecified atom stereocenters. The first-order valence-corrected chi connectivity index (χ1v) is 8.44. The SMILES string of the molecule is CN1C2CCCC1CC(NC(=O)CC1CCNCC1)C2. The molecule has 3 heterocycles. The van der Waals surface area contributed by atoms with Crippen LogP contribution in [0.3, 0.4) is 0 Å². The summed E-state index contributed by atoms with van der Waals surface area (Å²) in [6, 6.07) is 1.83. The van der Waals surface area contributed by atoms with E-state index in [0.29, 0.717) is 30.0 Å². The van der Waals surface area contributed by atoms with Crippen molar-refractivity contribution in [1.29, 1.82) is 0 Å². The number of hydrogen-bond acceptors (Lipinski definition) is 3. The van der Waals surface area contributed by atoms with E-state index < -0.39 is 0 Å². The molecule has 4 heteroatoms. The zero-order valence-corrected chi connectivity index (χ0v) is 12.7. The Hall–Kier alpha value is -0.610. The van der Waals surface area contributed by atoms with Gasteiger partial charge in [0.25, 0.3) is 0 Å². The van der Waals surface area contributed by atoms with Gasteiger partial charge in [-0.25, -0.2) is 0 Å². The Labute approximate surface area is 122 Å². The predicted octanol–water partition coefficient (Wildman–Crippen LogP) is 1.51. The van der Waals surface area contributed by atoms with E-state index in [-0.39, 0.29) is 0 Å². The van der Waals surface area contributed by atoms with E-state index in [9.17, 15) is 4.79 Å². The lowest BCUT2D eigenvalue weighted by Crippen LogP contribution is -2.55. The molecule has 0 aliphatic carbocycles. The van der Waals surface area contributed by atoms with Crippen LogP contribution in [0.15, 0.2) is 0 Å². The Morgan fingerprint density at radius 1 is 1.15 bits per heavy atom. The fourth-order valence-electron chi connectivity index (χ4n) is 4.37. The lowest BCUT2D eigenvalue weighted by Gasteiger charge is -2.47. The van der Waals surface area contributed by atoms with Gasteiger partial charge in [0.1, 0.15) is 0 Å². The number of rotatable bonds is 3. The van der Waals surface area contributed by atoms with Gasteiger partial charge in [0.05, 0.1) is 0 Å². The number of amides is 1. The molecule has 2 atom stereocenters. The van der Waals surface area contributed by atoms with E-state index in [0.717, 1.165) is 45.2 Å². The van der Waals surface area contributed by atoms with Gasteiger partial charge < -0.3 is 15.5 Å². The second-order valence-corrected chi connectivity index (χ2v) is 7.04. The molecule has 2 N–H and O–H groups in total. The summed E-state index contributed by atoms with van der Waals surface area (Å²) in [5, 5.41) is 6.69. The summed E-state index contributed by atoms with van der Waals surface area (Å²) in [5.41, 5.74) is 0. The van der Waals surface area contributed by atoms with Crippen LogP contribution in [0.4, 0.5) is 0 Å². The molecular formula is C16H29N3O. The van der Waals surface area contributed by atoms with Gasteiger partial charge in [-0.1, -0.05) is 6.42 Å². The Balaban J connectivity index is 1.46. The smallest absolute Gasteiger partial charge is 0.220 e. The number of piperidine rings is 3. The van der Waals surface area contributed by atoms with Crippen molar-refractivity contribution in [2.24, 2.45) is 5.92 Å². The van der Waals surface area contributed by atoms with E-state index in [1.165, 1.54) is 19.3 Å². The third-order valence-electron chi connectivity index (χ3n) is 5.64. The van der Waals surface area contributed by atoms with Crippen LogP contribution in [0.5, 0.6) is 0 Å². The van der Waals surface area contributed by atoms with Gasteiger partial charge in [-0.2, -0.15) is 0 Å². The molecule has 114 valence electrons. The van der Waals surface area contributed by atoms with Crippen molar-refractivity contribution in [3.05, 3.63) is 0 Å². The highest BCUT2D eigenvalue weighted by molar-refractivity contribution is 5.76. The summed E-state index contributed by atoms with van der Waals surface area (Å²) >= 11 is 0. The first-order valence-electron chi connectivity index (χ1n) is 8.44. The van der Waals surface area contributed by atoms with Gasteiger partial charge >= 0.3 is 0 Å². The number of nitrogens with zero attached hydrogens (tertiary/aromatic N) is 1. The van der Waals surface area contributed by atoms with E-state index in [4.69, 9.17) is 0 Å². The van der Waals surface area contributed by atoms with Crippen LogP contribution in [0, 0.1) is 5.92 Å². The van der Waals surface area contributed by atoms with E-state index in [2.05, 4.69) is 22.6 Å². The average molecular weight is 279 g/mol. The third kappa shape index (κ3) is 3.34. The maximum atomic E-state index is 12.2. The van der Waals surface area contributed by atoms with Crippen molar-refractivity contribution in [1.82, 2.24) is 15.5 Å². The van der Waals surface area contributed by atoms with Crippen LogP contribution >= 0.6 is 0 Å². The fourth-order valence-corrected chi connectivity index (χ4v) is 4.37. The van der Waals surface area contributed by atoms with Crippen LogP contribution in [0.2, 0.25) is 0 Å². The maximum absolute atomic E-state index is 12.2. The number of carbonyl (C=O) groups is 1. The Morgan fingerprint density at radius 3 is 2.45 bits per heavy atom. The molecule has 0 aromatic carbocycles. The van der Waals surface area contributed by atoms with Crippen molar-refractivity contribution >= 4 is 5.91 Å². The lowest BCUT2D eigenvalue weighted by molar-refractivity contribution is -0.123. The molecule has 3 fully saturated rings. The minimum atomic E-state index is 0.296. The minimum Gasteiger partial charge on any atom is -0.353 e. The van der Waals surface area contributed by atoms with Gasteiger partial charge in [-0.15, -0.1) is 0 Å². The van der Waals surface area contributed by atoms with Crippen LogP contribution in [-0.4, -0.2) is 49.1 Å². The lowest BCUT2D eigenvalue weighted by atomic mass is 9.82. The predicted molar refractivity (Wildman–Crippen MR) is 80.6 cm³/mol. The topological polar surface area (TPSA) is 44.4 Å². The maximum Gasteiger partial charge on any atom is 0.220 e. The van der Waals surface area contributed by atoms with Gasteiger partial charge in [0, 0.05) is 24.5 Å². The Morgan fingerprint density at radius 2 is 1.80 bits per heavy atom. The third-order valence-corrected chi connectivity index (χ3v) is 5.64. The van der Waals surface area contributed by atoms with E-state index >= 15 is 0 Å². The first kappa shape index (κ1) is 14.3. The fraction of sp³-hybridized carbons (Fsp3) is 0.938. The van der Waals surface area contributed by atoms with E-state index in [1.807, 2.05) is 0 Å². The monoisotopic (exact) mass is 279 g/mol. The molecule has 0 spiro atoms. The van der Waals surface area contributed by atoms with Gasteiger partial charge in [0.15, 0.2) is 0 Å². The van der Waals surface area contributed by atoms with Crippen LogP contribution in [0.25, 0.3) is 0 Å². The van der Waals surface area contributed by atoms with Crippen molar-refractivity contribution in [3.63, 3.8) is 0 Å². The second kappa shape index (κ2) is 6.44. The number of carbonyl (C=O) groups excluding carboxylic acids is 1. The van der Waals surface area contributed by atoms with Crippen molar-refractivity contribution in [2.75, 3.05) is 20.1 Å². The number of fused-ring (bicyclic) bond motifs is 2. The highest BCUT2D eigenvalue weighted by Crippen LogP contribution is 2.32. The molecule has 0 aromatic rings. The summed E-state index contributed by atoms with van der Waals surface area (Å²) in [4.78, 5) is 14.8. The molecule has 0 saturated carbocycles. The van der Waals surface area contributed by atoms with Crippen molar-refractivity contribution in [3.8, 4) is 0 Å². The van der Waals surface area contributed by atoms with Gasteiger partial charge in [-0.3, -0.25) is 4.79 Å². The van der Waals surface area contributed by atoms with Crippen LogP contribution in [0.1, 0.15) is 51.4 Å². The largest absolute Gasteiger partial charge is 0.353 e. The molecule has 20 heavy (non-hydrogen) atoms. The average Bonchev–Trinajstić information content (AvgIpc) is 2.41. The quantitative estimate of drug-likeness (QED) is 0.823. The van der Waals surface area contributed by atoms with Crippen molar-refractivity contribution < 1.29 is 4.79 Å². The number of nitrogens with one attached hydrogen (secondary N) is 2. The summed E-state index contributed by atoms with van der Waals surface area (Å²) in [6.07, 6.45) is 9.37. The normalized spacial score (nSPS) is 35.8. The molecule has 0 radical (unpaired) electrons. The Bertz CT molecular complexity index is 327. The van der Waals surface area contributed by atoms with Crippen LogP contribution in [-0.2, 0) is 4.79 Å². The first-order chi connectivity index (χ1) is 9.72. The zero-order valence-electron chi connectivity index (χ0n) is 12.7. The summed E-state index contributed by atoms with van der Waals surface area (Å²) < 4.78 is 0. The minimum absolute atomic E-state index is 0.296. The van der Waals surface area contributed by atoms with Gasteiger partial charge in [-0.05, 0) is 64.6 Å². The molecule has 0 aromatic heterocycles. The molecule has 4 nitrogen and oxygen atoms in total. The van der Waals surface area contributed by atoms with Crippen molar-refractivity contribution in [2.45, 2.75) is 69.5 Å². The molecule has 3 rings (SSSR count). The molecule has 1 amide bonds.